The number of thioether (sulfide) groups is 1. The highest BCUT2D eigenvalue weighted by molar-refractivity contribution is 7.98. The summed E-state index contributed by atoms with van der Waals surface area (Å²) in [6, 6.07) is 5.59. The van der Waals surface area contributed by atoms with Crippen LogP contribution in [0, 0.1) is 5.82 Å². The number of nitrogens with one attached hydrogen (secondary N) is 2. The van der Waals surface area contributed by atoms with Crippen molar-refractivity contribution in [2.45, 2.75) is 31.9 Å². The lowest BCUT2D eigenvalue weighted by Gasteiger charge is -2.25. The maximum Gasteiger partial charge on any atom is 0.225 e. The number of carbonyl (C=O) groups excluding carboxylic acids is 1. The van der Waals surface area contributed by atoms with Gasteiger partial charge in [-0.05, 0) is 44.4 Å². The SMILES string of the molecule is CSC[C@](C)(O)CN[C@@H](C)CC(=O)Nc1ccc(F)cc1. The van der Waals surface area contributed by atoms with Gasteiger partial charge < -0.3 is 15.7 Å². The van der Waals surface area contributed by atoms with Gasteiger partial charge in [-0.15, -0.1) is 0 Å². The summed E-state index contributed by atoms with van der Waals surface area (Å²) < 4.78 is 12.8. The number of aliphatic hydroxyl groups is 1. The van der Waals surface area contributed by atoms with E-state index >= 15 is 0 Å². The lowest BCUT2D eigenvalue weighted by atomic mass is 10.1. The zero-order chi connectivity index (χ0) is 15.9. The monoisotopic (exact) mass is 314 g/mol. The van der Waals surface area contributed by atoms with Gasteiger partial charge in [0.2, 0.25) is 5.91 Å². The van der Waals surface area contributed by atoms with Gasteiger partial charge in [-0.3, -0.25) is 4.79 Å². The summed E-state index contributed by atoms with van der Waals surface area (Å²) in [4.78, 5) is 11.8. The van der Waals surface area contributed by atoms with Crippen LogP contribution in [0.15, 0.2) is 24.3 Å². The second kappa shape index (κ2) is 8.36. The van der Waals surface area contributed by atoms with Crippen LogP contribution in [0.25, 0.3) is 0 Å². The van der Waals surface area contributed by atoms with E-state index in [4.69, 9.17) is 0 Å². The fraction of sp³-hybridized carbons (Fsp3) is 0.533. The van der Waals surface area contributed by atoms with Gasteiger partial charge in [0.15, 0.2) is 0 Å². The third-order valence-corrected chi connectivity index (χ3v) is 3.82. The Balaban J connectivity index is 2.35. The van der Waals surface area contributed by atoms with Gasteiger partial charge in [-0.2, -0.15) is 11.8 Å². The zero-order valence-corrected chi connectivity index (χ0v) is 13.5. The molecule has 0 bridgehead atoms. The topological polar surface area (TPSA) is 61.4 Å². The van der Waals surface area contributed by atoms with Crippen molar-refractivity contribution in [3.05, 3.63) is 30.1 Å². The van der Waals surface area contributed by atoms with E-state index in [-0.39, 0.29) is 24.2 Å². The molecular weight excluding hydrogens is 291 g/mol. The van der Waals surface area contributed by atoms with Crippen molar-refractivity contribution in [2.24, 2.45) is 0 Å². The van der Waals surface area contributed by atoms with Crippen LogP contribution < -0.4 is 10.6 Å². The fourth-order valence-electron chi connectivity index (χ4n) is 1.85. The van der Waals surface area contributed by atoms with Crippen LogP contribution >= 0.6 is 11.8 Å². The number of hydrogen-bond donors (Lipinski definition) is 3. The lowest BCUT2D eigenvalue weighted by Crippen LogP contribution is -2.44. The van der Waals surface area contributed by atoms with Gasteiger partial charge in [0.1, 0.15) is 5.82 Å². The third-order valence-electron chi connectivity index (χ3n) is 2.91. The molecule has 21 heavy (non-hydrogen) atoms. The Morgan fingerprint density at radius 1 is 1.43 bits per heavy atom. The standard InChI is InChI=1S/C15H23FN2O2S/c1-11(17-9-15(2,20)10-21-3)8-14(19)18-13-6-4-12(16)5-7-13/h4-7,11,17,20H,8-10H2,1-3H3,(H,18,19)/t11-,15+/m0/s1. The summed E-state index contributed by atoms with van der Waals surface area (Å²) in [6.45, 7) is 4.08. The molecule has 1 aromatic carbocycles. The van der Waals surface area contributed by atoms with Gasteiger partial charge >= 0.3 is 0 Å². The van der Waals surface area contributed by atoms with Crippen molar-refractivity contribution < 1.29 is 14.3 Å². The fourth-order valence-corrected chi connectivity index (χ4v) is 2.58. The molecule has 4 nitrogen and oxygen atoms in total. The zero-order valence-electron chi connectivity index (χ0n) is 12.6. The smallest absolute Gasteiger partial charge is 0.225 e. The van der Waals surface area contributed by atoms with E-state index < -0.39 is 5.60 Å². The first kappa shape index (κ1) is 17.9. The molecule has 1 aromatic rings. The Hall–Kier alpha value is -1.11. The molecular formula is C15H23FN2O2S. The Labute approximate surface area is 129 Å². The second-order valence-corrected chi connectivity index (χ2v) is 6.34. The molecule has 0 saturated heterocycles. The molecule has 0 saturated carbocycles. The first-order chi connectivity index (χ1) is 9.82. The molecule has 118 valence electrons. The molecule has 6 heteroatoms. The normalized spacial score (nSPS) is 15.3. The molecule has 0 unspecified atom stereocenters. The molecule has 1 rings (SSSR count). The number of halogens is 1. The Morgan fingerprint density at radius 2 is 2.05 bits per heavy atom. The first-order valence-electron chi connectivity index (χ1n) is 6.82. The van der Waals surface area contributed by atoms with Gasteiger partial charge in [0.05, 0.1) is 5.60 Å². The highest BCUT2D eigenvalue weighted by Gasteiger charge is 2.20. The molecule has 1 amide bonds. The summed E-state index contributed by atoms with van der Waals surface area (Å²) >= 11 is 1.58. The van der Waals surface area contributed by atoms with Crippen LogP contribution in [-0.2, 0) is 4.79 Å². The highest BCUT2D eigenvalue weighted by Crippen LogP contribution is 2.11. The van der Waals surface area contributed by atoms with Crippen molar-refractivity contribution in [3.8, 4) is 0 Å². The Morgan fingerprint density at radius 3 is 2.62 bits per heavy atom. The minimum atomic E-state index is -0.791. The van der Waals surface area contributed by atoms with Crippen LogP contribution in [0.5, 0.6) is 0 Å². The third kappa shape index (κ3) is 7.45. The van der Waals surface area contributed by atoms with E-state index in [2.05, 4.69) is 10.6 Å². The lowest BCUT2D eigenvalue weighted by molar-refractivity contribution is -0.116. The van der Waals surface area contributed by atoms with Crippen LogP contribution in [0.1, 0.15) is 20.3 Å². The predicted molar refractivity (Wildman–Crippen MR) is 86.1 cm³/mol. The average molecular weight is 314 g/mol. The van der Waals surface area contributed by atoms with Crippen LogP contribution in [0.2, 0.25) is 0 Å². The molecule has 0 aliphatic carbocycles. The van der Waals surface area contributed by atoms with Crippen LogP contribution in [0.3, 0.4) is 0 Å². The van der Waals surface area contributed by atoms with Crippen molar-refractivity contribution in [2.75, 3.05) is 23.9 Å². The summed E-state index contributed by atoms with van der Waals surface area (Å²) in [7, 11) is 0. The van der Waals surface area contributed by atoms with Gasteiger partial charge in [-0.25, -0.2) is 4.39 Å². The highest BCUT2D eigenvalue weighted by atomic mass is 32.2. The molecule has 0 spiro atoms. The van der Waals surface area contributed by atoms with E-state index in [1.807, 2.05) is 13.2 Å². The minimum absolute atomic E-state index is 0.0567. The number of carbonyl (C=O) groups is 1. The minimum Gasteiger partial charge on any atom is -0.388 e. The number of rotatable bonds is 8. The molecule has 0 aliphatic heterocycles. The van der Waals surface area contributed by atoms with E-state index in [0.717, 1.165) is 0 Å². The van der Waals surface area contributed by atoms with Crippen molar-refractivity contribution in [1.82, 2.24) is 5.32 Å². The molecule has 0 heterocycles. The Kier molecular flexibility index (Phi) is 7.14. The van der Waals surface area contributed by atoms with E-state index in [9.17, 15) is 14.3 Å². The number of amides is 1. The molecule has 0 aliphatic rings. The van der Waals surface area contributed by atoms with Gasteiger partial charge in [0, 0.05) is 30.4 Å². The molecule has 0 radical (unpaired) electrons. The van der Waals surface area contributed by atoms with Gasteiger partial charge in [0.25, 0.3) is 0 Å². The molecule has 3 N–H and O–H groups in total. The van der Waals surface area contributed by atoms with Crippen molar-refractivity contribution in [3.63, 3.8) is 0 Å². The first-order valence-corrected chi connectivity index (χ1v) is 8.22. The summed E-state index contributed by atoms with van der Waals surface area (Å²) in [5.74, 6) is 0.152. The van der Waals surface area contributed by atoms with E-state index in [0.29, 0.717) is 18.0 Å². The summed E-state index contributed by atoms with van der Waals surface area (Å²) in [5, 5.41) is 15.9. The number of anilines is 1. The maximum atomic E-state index is 12.8. The van der Waals surface area contributed by atoms with Crippen LogP contribution in [0.4, 0.5) is 10.1 Å². The van der Waals surface area contributed by atoms with Crippen molar-refractivity contribution >= 4 is 23.4 Å². The maximum absolute atomic E-state index is 12.8. The quantitative estimate of drug-likeness (QED) is 0.689. The molecule has 0 fully saturated rings. The van der Waals surface area contributed by atoms with Gasteiger partial charge in [-0.1, -0.05) is 0 Å². The predicted octanol–water partition coefficient (Wildman–Crippen LogP) is 2.25. The summed E-state index contributed by atoms with van der Waals surface area (Å²) in [6.07, 6.45) is 2.22. The second-order valence-electron chi connectivity index (χ2n) is 5.47. The molecule has 0 aromatic heterocycles. The average Bonchev–Trinajstić information content (AvgIpc) is 2.39. The largest absolute Gasteiger partial charge is 0.388 e. The Bertz CT molecular complexity index is 451. The number of benzene rings is 1. The van der Waals surface area contributed by atoms with E-state index in [1.54, 1.807) is 18.7 Å². The number of hydrogen-bond acceptors (Lipinski definition) is 4. The van der Waals surface area contributed by atoms with E-state index in [1.165, 1.54) is 24.3 Å². The van der Waals surface area contributed by atoms with Crippen molar-refractivity contribution in [1.29, 1.82) is 0 Å². The summed E-state index contributed by atoms with van der Waals surface area (Å²) in [5.41, 5.74) is -0.218. The molecule has 2 atom stereocenters. The van der Waals surface area contributed by atoms with Crippen LogP contribution in [-0.4, -0.2) is 41.2 Å².